The maximum absolute atomic E-state index is 12.4. The van der Waals surface area contributed by atoms with Gasteiger partial charge in [-0.3, -0.25) is 9.59 Å². The van der Waals surface area contributed by atoms with Crippen LogP contribution in [-0.4, -0.2) is 43.7 Å². The molecule has 6 nitrogen and oxygen atoms in total. The van der Waals surface area contributed by atoms with Gasteiger partial charge in [0.05, 0.1) is 29.7 Å². The predicted octanol–water partition coefficient (Wildman–Crippen LogP) is 0.916. The van der Waals surface area contributed by atoms with Crippen molar-refractivity contribution in [2.45, 2.75) is 38.1 Å². The molecule has 7 heteroatoms. The van der Waals surface area contributed by atoms with Crippen LogP contribution in [0.15, 0.2) is 12.1 Å². The van der Waals surface area contributed by atoms with Crippen LogP contribution in [-0.2, 0) is 20.9 Å². The largest absolute Gasteiger partial charge is 0.379 e. The first-order valence-corrected chi connectivity index (χ1v) is 8.19. The average molecular weight is 324 g/mol. The normalized spacial score (nSPS) is 29.5. The number of methoxy groups -OCH3 is 1. The van der Waals surface area contributed by atoms with E-state index in [-0.39, 0.29) is 30.0 Å². The average Bonchev–Trinajstić information content (AvgIpc) is 3.09. The second-order valence-electron chi connectivity index (χ2n) is 5.71. The van der Waals surface area contributed by atoms with Crippen molar-refractivity contribution >= 4 is 23.2 Å². The number of hydrogen-bond acceptors (Lipinski definition) is 5. The van der Waals surface area contributed by atoms with Gasteiger partial charge in [0, 0.05) is 31.4 Å². The van der Waals surface area contributed by atoms with Crippen LogP contribution >= 0.6 is 11.3 Å². The molecule has 4 atom stereocenters. The topological polar surface area (TPSA) is 76.7 Å². The molecule has 1 aromatic heterocycles. The maximum atomic E-state index is 12.4. The van der Waals surface area contributed by atoms with Gasteiger partial charge in [0.15, 0.2) is 0 Å². The Morgan fingerprint density at radius 2 is 2.18 bits per heavy atom. The van der Waals surface area contributed by atoms with Gasteiger partial charge in [-0.2, -0.15) is 0 Å². The Morgan fingerprint density at radius 3 is 2.91 bits per heavy atom. The van der Waals surface area contributed by atoms with E-state index in [1.165, 1.54) is 18.3 Å². The van der Waals surface area contributed by atoms with Crippen molar-refractivity contribution in [1.82, 2.24) is 10.6 Å². The van der Waals surface area contributed by atoms with E-state index in [0.717, 1.165) is 11.3 Å². The number of nitrogens with one attached hydrogen (secondary N) is 2. The molecule has 2 aliphatic rings. The molecule has 22 heavy (non-hydrogen) atoms. The first kappa shape index (κ1) is 15.5. The van der Waals surface area contributed by atoms with Crippen LogP contribution in [0.3, 0.4) is 0 Å². The Hall–Kier alpha value is -1.44. The second-order valence-corrected chi connectivity index (χ2v) is 6.88. The summed E-state index contributed by atoms with van der Waals surface area (Å²) >= 11 is 1.43. The summed E-state index contributed by atoms with van der Waals surface area (Å²) < 4.78 is 10.7. The van der Waals surface area contributed by atoms with Crippen molar-refractivity contribution in [3.05, 3.63) is 21.9 Å². The summed E-state index contributed by atoms with van der Waals surface area (Å²) in [5, 5.41) is 5.94. The number of ether oxygens (including phenoxy) is 2. The molecule has 2 amide bonds. The molecule has 0 bridgehead atoms. The van der Waals surface area contributed by atoms with E-state index in [2.05, 4.69) is 10.6 Å². The highest BCUT2D eigenvalue weighted by Gasteiger charge is 2.54. The summed E-state index contributed by atoms with van der Waals surface area (Å²) in [6.07, 6.45) is 0.951. The lowest BCUT2D eigenvalue weighted by atomic mass is 9.71. The van der Waals surface area contributed by atoms with Gasteiger partial charge >= 0.3 is 0 Å². The minimum absolute atomic E-state index is 0.0292. The minimum Gasteiger partial charge on any atom is -0.379 e. The van der Waals surface area contributed by atoms with E-state index in [1.807, 2.05) is 12.1 Å². The van der Waals surface area contributed by atoms with Gasteiger partial charge < -0.3 is 20.1 Å². The fourth-order valence-electron chi connectivity index (χ4n) is 3.25. The summed E-state index contributed by atoms with van der Waals surface area (Å²) in [5.41, 5.74) is 0. The molecule has 1 aliphatic heterocycles. The molecule has 0 spiro atoms. The molecule has 1 aliphatic carbocycles. The van der Waals surface area contributed by atoms with Crippen molar-refractivity contribution < 1.29 is 19.1 Å². The summed E-state index contributed by atoms with van der Waals surface area (Å²) in [6.45, 7) is 2.68. The van der Waals surface area contributed by atoms with Crippen LogP contribution in [0.25, 0.3) is 0 Å². The molecule has 0 radical (unpaired) electrons. The number of carbonyl (C=O) groups is 2. The standard InChI is InChI=1S/C15H20N2O4S/c1-8(18)16-13-12(10-5-6-21-14(10)13)17-15(19)11-4-3-9(22-11)7-20-2/h3-4,10,12-14H,5-7H2,1-2H3,(H,16,18)(H,17,19)/t10-,12+,13-,14-/m1/s1. The SMILES string of the molecule is COCc1ccc(C(=O)N[C@H]2[C@H]3CCO[C@H]3[C@@H]2NC(C)=O)s1. The Kier molecular flexibility index (Phi) is 4.46. The molecule has 1 aromatic rings. The van der Waals surface area contributed by atoms with E-state index in [9.17, 15) is 9.59 Å². The zero-order valence-electron chi connectivity index (χ0n) is 12.6. The maximum Gasteiger partial charge on any atom is 0.261 e. The van der Waals surface area contributed by atoms with Crippen molar-refractivity contribution in [2.24, 2.45) is 5.92 Å². The first-order valence-electron chi connectivity index (χ1n) is 7.37. The lowest BCUT2D eigenvalue weighted by molar-refractivity contribution is -0.123. The smallest absolute Gasteiger partial charge is 0.261 e. The Morgan fingerprint density at radius 1 is 1.36 bits per heavy atom. The third-order valence-corrected chi connectivity index (χ3v) is 5.28. The summed E-state index contributed by atoms with van der Waals surface area (Å²) in [4.78, 5) is 25.4. The molecule has 120 valence electrons. The zero-order valence-corrected chi connectivity index (χ0v) is 13.4. The van der Waals surface area contributed by atoms with Crippen molar-refractivity contribution in [1.29, 1.82) is 0 Å². The molecular weight excluding hydrogens is 304 g/mol. The first-order chi connectivity index (χ1) is 10.6. The lowest BCUT2D eigenvalue weighted by Gasteiger charge is -2.47. The van der Waals surface area contributed by atoms with Crippen molar-refractivity contribution in [2.75, 3.05) is 13.7 Å². The molecule has 0 aromatic carbocycles. The highest BCUT2D eigenvalue weighted by atomic mass is 32.1. The number of rotatable bonds is 5. The number of thiophene rings is 1. The minimum atomic E-state index is -0.132. The monoisotopic (exact) mass is 324 g/mol. The second kappa shape index (κ2) is 6.36. The van der Waals surface area contributed by atoms with Crippen LogP contribution in [0.5, 0.6) is 0 Å². The number of fused-ring (bicyclic) bond motifs is 1. The third kappa shape index (κ3) is 2.88. The molecule has 2 heterocycles. The van der Waals surface area contributed by atoms with Gasteiger partial charge in [0.2, 0.25) is 5.91 Å². The Bertz CT molecular complexity index is 574. The van der Waals surface area contributed by atoms with E-state index in [1.54, 1.807) is 7.11 Å². The van der Waals surface area contributed by atoms with Gasteiger partial charge in [0.25, 0.3) is 5.91 Å². The summed E-state index contributed by atoms with van der Waals surface area (Å²) in [6, 6.07) is 3.52. The van der Waals surface area contributed by atoms with Crippen molar-refractivity contribution in [3.63, 3.8) is 0 Å². The van der Waals surface area contributed by atoms with Crippen LogP contribution in [0, 0.1) is 5.92 Å². The van der Waals surface area contributed by atoms with Gasteiger partial charge in [-0.1, -0.05) is 0 Å². The molecule has 2 N–H and O–H groups in total. The Balaban J connectivity index is 1.65. The molecular formula is C15H20N2O4S. The fourth-order valence-corrected chi connectivity index (χ4v) is 4.14. The van der Waals surface area contributed by atoms with Gasteiger partial charge in [-0.25, -0.2) is 0 Å². The molecule has 1 saturated heterocycles. The third-order valence-electron chi connectivity index (χ3n) is 4.23. The zero-order chi connectivity index (χ0) is 15.7. The molecule has 3 rings (SSSR count). The molecule has 2 fully saturated rings. The molecule has 1 saturated carbocycles. The van der Waals surface area contributed by atoms with Gasteiger partial charge in [-0.15, -0.1) is 11.3 Å². The number of hydrogen-bond donors (Lipinski definition) is 2. The van der Waals surface area contributed by atoms with E-state index >= 15 is 0 Å². The number of amides is 2. The van der Waals surface area contributed by atoms with Gasteiger partial charge in [0.1, 0.15) is 0 Å². The van der Waals surface area contributed by atoms with Crippen LogP contribution < -0.4 is 10.6 Å². The number of carbonyl (C=O) groups excluding carboxylic acids is 2. The predicted molar refractivity (Wildman–Crippen MR) is 81.7 cm³/mol. The van der Waals surface area contributed by atoms with E-state index < -0.39 is 0 Å². The highest BCUT2D eigenvalue weighted by Crippen LogP contribution is 2.39. The van der Waals surface area contributed by atoms with Crippen LogP contribution in [0.2, 0.25) is 0 Å². The van der Waals surface area contributed by atoms with Gasteiger partial charge in [-0.05, 0) is 18.6 Å². The molecule has 0 unspecified atom stereocenters. The van der Waals surface area contributed by atoms with Crippen molar-refractivity contribution in [3.8, 4) is 0 Å². The Labute approximate surface area is 133 Å². The van der Waals surface area contributed by atoms with E-state index in [4.69, 9.17) is 9.47 Å². The van der Waals surface area contributed by atoms with Crippen LogP contribution in [0.1, 0.15) is 27.9 Å². The van der Waals surface area contributed by atoms with E-state index in [0.29, 0.717) is 24.0 Å². The van der Waals surface area contributed by atoms with Crippen LogP contribution in [0.4, 0.5) is 0 Å². The lowest BCUT2D eigenvalue weighted by Crippen LogP contribution is -2.70. The summed E-state index contributed by atoms with van der Waals surface area (Å²) in [7, 11) is 1.63. The fraction of sp³-hybridized carbons (Fsp3) is 0.600. The quantitative estimate of drug-likeness (QED) is 0.844. The summed E-state index contributed by atoms with van der Waals surface area (Å²) in [5.74, 6) is 0.0916. The highest BCUT2D eigenvalue weighted by molar-refractivity contribution is 7.14.